The molecule has 5 rings (SSSR count). The van der Waals surface area contributed by atoms with E-state index < -0.39 is 0 Å². The quantitative estimate of drug-likeness (QED) is 0.426. The highest BCUT2D eigenvalue weighted by molar-refractivity contribution is 5.95. The van der Waals surface area contributed by atoms with E-state index in [1.807, 2.05) is 59.5 Å². The van der Waals surface area contributed by atoms with Gasteiger partial charge in [-0.25, -0.2) is 9.78 Å². The summed E-state index contributed by atoms with van der Waals surface area (Å²) in [6, 6.07) is 17.4. The predicted molar refractivity (Wildman–Crippen MR) is 136 cm³/mol. The van der Waals surface area contributed by atoms with Crippen LogP contribution in [0, 0.1) is 0 Å². The van der Waals surface area contributed by atoms with Gasteiger partial charge >= 0.3 is 5.69 Å². The number of amides is 1. The third-order valence-electron chi connectivity index (χ3n) is 6.52. The number of aryl methyl sites for hydroxylation is 1. The fourth-order valence-corrected chi connectivity index (χ4v) is 4.63. The maximum absolute atomic E-state index is 13.3. The minimum atomic E-state index is -0.358. The Hall–Kier alpha value is -3.94. The van der Waals surface area contributed by atoms with Gasteiger partial charge in [0.05, 0.1) is 6.54 Å². The lowest BCUT2D eigenvalue weighted by Crippen LogP contribution is -2.40. The molecule has 4 aromatic rings. The van der Waals surface area contributed by atoms with E-state index in [2.05, 4.69) is 16.9 Å². The molecule has 0 aliphatic carbocycles. The lowest BCUT2D eigenvalue weighted by molar-refractivity contribution is -0.117. The van der Waals surface area contributed by atoms with Gasteiger partial charge < -0.3 is 9.88 Å². The topological polar surface area (TPSA) is 93.0 Å². The Balaban J connectivity index is 1.49. The summed E-state index contributed by atoms with van der Waals surface area (Å²) in [7, 11) is 0. The monoisotopic (exact) mass is 471 g/mol. The van der Waals surface area contributed by atoms with Crippen molar-refractivity contribution >= 4 is 22.8 Å². The Morgan fingerprint density at radius 2 is 1.71 bits per heavy atom. The lowest BCUT2D eigenvalue weighted by atomic mass is 10.1. The van der Waals surface area contributed by atoms with Gasteiger partial charge in [0.15, 0.2) is 5.65 Å². The average Bonchev–Trinajstić information content (AvgIpc) is 3.49. The van der Waals surface area contributed by atoms with Crippen LogP contribution in [-0.4, -0.2) is 31.6 Å². The number of imidazole rings is 1. The maximum Gasteiger partial charge on any atom is 0.333 e. The van der Waals surface area contributed by atoms with Gasteiger partial charge in [0.25, 0.3) is 5.56 Å². The standard InChI is InChI=1S/C27H29N5O3/c1-2-3-15-31-25-24(26(34)32(27(31)35)18-20-8-5-4-6-9-20)28-22(29-25)17-19-11-13-21(14-12-19)30-16-7-10-23(30)33/h4-6,8-9,11-14H,2-3,7,10,15-18H2,1H3,(H,28,29). The zero-order valence-corrected chi connectivity index (χ0v) is 19.9. The number of unbranched alkanes of at least 4 members (excludes halogenated alkanes) is 1. The molecule has 1 saturated heterocycles. The summed E-state index contributed by atoms with van der Waals surface area (Å²) in [4.78, 5) is 48.3. The van der Waals surface area contributed by atoms with Crippen LogP contribution in [0.15, 0.2) is 64.2 Å². The summed E-state index contributed by atoms with van der Waals surface area (Å²) in [6.45, 7) is 3.54. The molecule has 0 unspecified atom stereocenters. The molecule has 0 bridgehead atoms. The summed E-state index contributed by atoms with van der Waals surface area (Å²) >= 11 is 0. The number of nitrogens with one attached hydrogen (secondary N) is 1. The number of aromatic amines is 1. The van der Waals surface area contributed by atoms with Gasteiger partial charge in [-0.3, -0.25) is 18.7 Å². The van der Waals surface area contributed by atoms with Crippen LogP contribution in [0.4, 0.5) is 5.69 Å². The average molecular weight is 472 g/mol. The molecule has 0 spiro atoms. The molecule has 3 heterocycles. The number of rotatable bonds is 8. The van der Waals surface area contributed by atoms with Crippen molar-refractivity contribution < 1.29 is 4.79 Å². The molecular formula is C27H29N5O3. The molecule has 2 aromatic heterocycles. The van der Waals surface area contributed by atoms with Crippen LogP contribution in [0.2, 0.25) is 0 Å². The van der Waals surface area contributed by atoms with Crippen LogP contribution in [-0.2, 0) is 24.3 Å². The lowest BCUT2D eigenvalue weighted by Gasteiger charge is -2.15. The molecule has 180 valence electrons. The Morgan fingerprint density at radius 1 is 0.943 bits per heavy atom. The van der Waals surface area contributed by atoms with Crippen LogP contribution in [0.5, 0.6) is 0 Å². The molecule has 1 aliphatic heterocycles. The molecule has 1 amide bonds. The van der Waals surface area contributed by atoms with Crippen molar-refractivity contribution in [1.29, 1.82) is 0 Å². The molecule has 0 saturated carbocycles. The number of anilines is 1. The molecule has 8 nitrogen and oxygen atoms in total. The summed E-state index contributed by atoms with van der Waals surface area (Å²) in [5, 5.41) is 0. The number of benzene rings is 2. The molecule has 8 heteroatoms. The molecule has 0 atom stereocenters. The van der Waals surface area contributed by atoms with E-state index >= 15 is 0 Å². The van der Waals surface area contributed by atoms with Gasteiger partial charge in [-0.2, -0.15) is 0 Å². The van der Waals surface area contributed by atoms with E-state index in [-0.39, 0.29) is 23.7 Å². The Kier molecular flexibility index (Phi) is 6.35. The molecule has 2 aromatic carbocycles. The van der Waals surface area contributed by atoms with Crippen LogP contribution >= 0.6 is 0 Å². The molecule has 1 aliphatic rings. The van der Waals surface area contributed by atoms with Crippen molar-refractivity contribution in [2.75, 3.05) is 11.4 Å². The van der Waals surface area contributed by atoms with Crippen molar-refractivity contribution in [1.82, 2.24) is 19.1 Å². The largest absolute Gasteiger partial charge is 0.336 e. The highest BCUT2D eigenvalue weighted by Gasteiger charge is 2.22. The number of H-pyrrole nitrogens is 1. The van der Waals surface area contributed by atoms with Crippen LogP contribution < -0.4 is 16.1 Å². The predicted octanol–water partition coefficient (Wildman–Crippen LogP) is 3.45. The second-order valence-electron chi connectivity index (χ2n) is 9.04. The third kappa shape index (κ3) is 4.56. The van der Waals surface area contributed by atoms with Crippen molar-refractivity contribution in [3.05, 3.63) is 92.4 Å². The van der Waals surface area contributed by atoms with Gasteiger partial charge in [0.2, 0.25) is 5.91 Å². The number of aromatic nitrogens is 4. The molecule has 1 fully saturated rings. The molecule has 35 heavy (non-hydrogen) atoms. The first kappa shape index (κ1) is 22.8. The van der Waals surface area contributed by atoms with Gasteiger partial charge in [-0.15, -0.1) is 0 Å². The second kappa shape index (κ2) is 9.74. The van der Waals surface area contributed by atoms with Gasteiger partial charge in [0.1, 0.15) is 11.3 Å². The summed E-state index contributed by atoms with van der Waals surface area (Å²) in [6.07, 6.45) is 3.72. The summed E-state index contributed by atoms with van der Waals surface area (Å²) in [5.74, 6) is 0.788. The SMILES string of the molecule is CCCCn1c(=O)n(Cc2ccccc2)c(=O)c2[nH]c(Cc3ccc(N4CCCC4=O)cc3)nc21. The number of fused-ring (bicyclic) bond motifs is 1. The molecule has 0 radical (unpaired) electrons. The summed E-state index contributed by atoms with van der Waals surface area (Å²) < 4.78 is 2.91. The van der Waals surface area contributed by atoms with Gasteiger partial charge in [-0.1, -0.05) is 55.8 Å². The Morgan fingerprint density at radius 3 is 2.40 bits per heavy atom. The number of carbonyl (C=O) groups is 1. The van der Waals surface area contributed by atoms with E-state index in [1.165, 1.54) is 4.57 Å². The van der Waals surface area contributed by atoms with Crippen molar-refractivity contribution in [3.63, 3.8) is 0 Å². The number of hydrogen-bond donors (Lipinski definition) is 1. The van der Waals surface area contributed by atoms with E-state index in [9.17, 15) is 14.4 Å². The molecule has 1 N–H and O–H groups in total. The fraction of sp³-hybridized carbons (Fsp3) is 0.333. The van der Waals surface area contributed by atoms with Crippen LogP contribution in [0.3, 0.4) is 0 Å². The molecular weight excluding hydrogens is 442 g/mol. The van der Waals surface area contributed by atoms with E-state index in [0.717, 1.165) is 42.6 Å². The zero-order chi connectivity index (χ0) is 24.4. The highest BCUT2D eigenvalue weighted by Crippen LogP contribution is 2.22. The van der Waals surface area contributed by atoms with Crippen molar-refractivity contribution in [3.8, 4) is 0 Å². The Labute approximate surface area is 202 Å². The first-order valence-electron chi connectivity index (χ1n) is 12.2. The first-order chi connectivity index (χ1) is 17.0. The van der Waals surface area contributed by atoms with Gasteiger partial charge in [0, 0.05) is 31.6 Å². The van der Waals surface area contributed by atoms with Crippen molar-refractivity contribution in [2.24, 2.45) is 0 Å². The van der Waals surface area contributed by atoms with Gasteiger partial charge in [-0.05, 0) is 36.1 Å². The van der Waals surface area contributed by atoms with Crippen LogP contribution in [0.1, 0.15) is 49.6 Å². The van der Waals surface area contributed by atoms with E-state index in [0.29, 0.717) is 36.4 Å². The number of nitrogens with zero attached hydrogens (tertiary/aromatic N) is 4. The first-order valence-corrected chi connectivity index (χ1v) is 12.2. The van der Waals surface area contributed by atoms with E-state index in [1.54, 1.807) is 4.57 Å². The van der Waals surface area contributed by atoms with Crippen LogP contribution in [0.25, 0.3) is 11.2 Å². The fourth-order valence-electron chi connectivity index (χ4n) is 4.63. The van der Waals surface area contributed by atoms with E-state index in [4.69, 9.17) is 0 Å². The minimum Gasteiger partial charge on any atom is -0.336 e. The normalized spacial score (nSPS) is 13.7. The minimum absolute atomic E-state index is 0.159. The Bertz CT molecular complexity index is 1470. The smallest absolute Gasteiger partial charge is 0.333 e. The maximum atomic E-state index is 13.3. The zero-order valence-electron chi connectivity index (χ0n) is 19.9. The third-order valence-corrected chi connectivity index (χ3v) is 6.52. The second-order valence-corrected chi connectivity index (χ2v) is 9.04. The summed E-state index contributed by atoms with van der Waals surface area (Å²) in [5.41, 5.74) is 2.87. The number of carbonyl (C=O) groups excluding carboxylic acids is 1. The van der Waals surface area contributed by atoms with Crippen molar-refractivity contribution in [2.45, 2.75) is 52.1 Å². The number of hydrogen-bond acceptors (Lipinski definition) is 4. The highest BCUT2D eigenvalue weighted by atomic mass is 16.2.